The standard InChI is InChI=1S/C17H18BrNO2/c1-17(2,13-5-9-15(19)10-6-13)16(20)21-11-12-3-7-14(18)8-4-12/h3-10H,11,19H2,1-2H3. The van der Waals surface area contributed by atoms with E-state index in [0.29, 0.717) is 5.69 Å². The molecule has 0 bridgehead atoms. The molecule has 2 aromatic carbocycles. The lowest BCUT2D eigenvalue weighted by molar-refractivity contribution is -0.150. The van der Waals surface area contributed by atoms with E-state index in [1.54, 1.807) is 12.1 Å². The fraction of sp³-hybridized carbons (Fsp3) is 0.235. The number of carbonyl (C=O) groups excluding carboxylic acids is 1. The molecule has 2 N–H and O–H groups in total. The van der Waals surface area contributed by atoms with Crippen molar-refractivity contribution in [3.8, 4) is 0 Å². The summed E-state index contributed by atoms with van der Waals surface area (Å²) in [5, 5.41) is 0. The maximum absolute atomic E-state index is 12.3. The van der Waals surface area contributed by atoms with Crippen LogP contribution in [0.3, 0.4) is 0 Å². The number of carbonyl (C=O) groups is 1. The van der Waals surface area contributed by atoms with Crippen LogP contribution in [0.1, 0.15) is 25.0 Å². The van der Waals surface area contributed by atoms with Crippen LogP contribution in [0.5, 0.6) is 0 Å². The molecule has 2 aromatic rings. The highest BCUT2D eigenvalue weighted by molar-refractivity contribution is 9.10. The number of halogens is 1. The first kappa shape index (κ1) is 15.6. The van der Waals surface area contributed by atoms with E-state index in [-0.39, 0.29) is 12.6 Å². The van der Waals surface area contributed by atoms with Crippen LogP contribution in [0.15, 0.2) is 53.0 Å². The van der Waals surface area contributed by atoms with Crippen LogP contribution in [0.25, 0.3) is 0 Å². The molecule has 0 unspecified atom stereocenters. The molecule has 0 amide bonds. The first-order valence-electron chi connectivity index (χ1n) is 6.67. The van der Waals surface area contributed by atoms with Crippen LogP contribution >= 0.6 is 15.9 Å². The second kappa shape index (κ2) is 6.31. The van der Waals surface area contributed by atoms with Crippen molar-refractivity contribution in [2.45, 2.75) is 25.9 Å². The summed E-state index contributed by atoms with van der Waals surface area (Å²) in [6.07, 6.45) is 0. The largest absolute Gasteiger partial charge is 0.460 e. The molecule has 0 saturated heterocycles. The Balaban J connectivity index is 2.04. The van der Waals surface area contributed by atoms with Crippen molar-refractivity contribution < 1.29 is 9.53 Å². The zero-order chi connectivity index (χ0) is 15.5. The second-order valence-electron chi connectivity index (χ2n) is 5.45. The number of esters is 1. The summed E-state index contributed by atoms with van der Waals surface area (Å²) in [5.74, 6) is -0.254. The molecule has 0 saturated carbocycles. The zero-order valence-electron chi connectivity index (χ0n) is 12.1. The van der Waals surface area contributed by atoms with E-state index >= 15 is 0 Å². The van der Waals surface area contributed by atoms with Crippen molar-refractivity contribution >= 4 is 27.6 Å². The predicted molar refractivity (Wildman–Crippen MR) is 87.8 cm³/mol. The third-order valence-electron chi connectivity index (χ3n) is 3.43. The van der Waals surface area contributed by atoms with Gasteiger partial charge in [0, 0.05) is 10.2 Å². The topological polar surface area (TPSA) is 52.3 Å². The third-order valence-corrected chi connectivity index (χ3v) is 3.95. The predicted octanol–water partition coefficient (Wildman–Crippen LogP) is 4.05. The van der Waals surface area contributed by atoms with Crippen molar-refractivity contribution in [3.63, 3.8) is 0 Å². The number of rotatable bonds is 4. The fourth-order valence-corrected chi connectivity index (χ4v) is 2.19. The van der Waals surface area contributed by atoms with Crippen molar-refractivity contribution in [2.75, 3.05) is 5.73 Å². The van der Waals surface area contributed by atoms with Gasteiger partial charge in [0.05, 0.1) is 5.41 Å². The summed E-state index contributed by atoms with van der Waals surface area (Å²) >= 11 is 3.38. The summed E-state index contributed by atoms with van der Waals surface area (Å²) in [6.45, 7) is 3.97. The smallest absolute Gasteiger partial charge is 0.316 e. The van der Waals surface area contributed by atoms with Gasteiger partial charge in [-0.3, -0.25) is 4.79 Å². The second-order valence-corrected chi connectivity index (χ2v) is 6.37. The van der Waals surface area contributed by atoms with Gasteiger partial charge in [-0.15, -0.1) is 0 Å². The van der Waals surface area contributed by atoms with Gasteiger partial charge in [-0.2, -0.15) is 0 Å². The van der Waals surface area contributed by atoms with E-state index in [9.17, 15) is 4.79 Å². The molecule has 2 rings (SSSR count). The van der Waals surface area contributed by atoms with Crippen LogP contribution in [-0.4, -0.2) is 5.97 Å². The number of hydrogen-bond donors (Lipinski definition) is 1. The third kappa shape index (κ3) is 3.85. The minimum absolute atomic E-state index is 0.254. The number of hydrogen-bond acceptors (Lipinski definition) is 3. The number of ether oxygens (including phenoxy) is 1. The Morgan fingerprint density at radius 2 is 1.67 bits per heavy atom. The van der Waals surface area contributed by atoms with Crippen LogP contribution in [0.2, 0.25) is 0 Å². The van der Waals surface area contributed by atoms with Crippen molar-refractivity contribution in [1.29, 1.82) is 0 Å². The average Bonchev–Trinajstić information content (AvgIpc) is 2.46. The first-order valence-corrected chi connectivity index (χ1v) is 7.46. The molecule has 3 nitrogen and oxygen atoms in total. The molecule has 0 aliphatic heterocycles. The quantitative estimate of drug-likeness (QED) is 0.670. The molecule has 0 spiro atoms. The normalized spacial score (nSPS) is 11.2. The average molecular weight is 348 g/mol. The van der Waals surface area contributed by atoms with E-state index in [4.69, 9.17) is 10.5 Å². The van der Waals surface area contributed by atoms with Gasteiger partial charge in [-0.05, 0) is 49.2 Å². The van der Waals surface area contributed by atoms with E-state index in [1.807, 2.05) is 50.2 Å². The molecular weight excluding hydrogens is 330 g/mol. The lowest BCUT2D eigenvalue weighted by Gasteiger charge is -2.23. The first-order chi connectivity index (χ1) is 9.89. The molecule has 0 fully saturated rings. The summed E-state index contributed by atoms with van der Waals surface area (Å²) < 4.78 is 6.43. The van der Waals surface area contributed by atoms with E-state index in [2.05, 4.69) is 15.9 Å². The monoisotopic (exact) mass is 347 g/mol. The minimum atomic E-state index is -0.705. The lowest BCUT2D eigenvalue weighted by Crippen LogP contribution is -2.31. The Labute approximate surface area is 133 Å². The number of nitrogen functional groups attached to an aromatic ring is 1. The molecular formula is C17H18BrNO2. The zero-order valence-corrected chi connectivity index (χ0v) is 13.7. The summed E-state index contributed by atoms with van der Waals surface area (Å²) in [6, 6.07) is 15.0. The van der Waals surface area contributed by atoms with E-state index < -0.39 is 5.41 Å². The Kier molecular flexibility index (Phi) is 4.68. The maximum atomic E-state index is 12.3. The van der Waals surface area contributed by atoms with Gasteiger partial charge in [0.25, 0.3) is 0 Å². The maximum Gasteiger partial charge on any atom is 0.316 e. The highest BCUT2D eigenvalue weighted by Gasteiger charge is 2.31. The van der Waals surface area contributed by atoms with Gasteiger partial charge in [0.2, 0.25) is 0 Å². The van der Waals surface area contributed by atoms with Crippen LogP contribution < -0.4 is 5.73 Å². The van der Waals surface area contributed by atoms with Crippen molar-refractivity contribution in [2.24, 2.45) is 0 Å². The summed E-state index contributed by atoms with van der Waals surface area (Å²) in [5.41, 5.74) is 7.49. The van der Waals surface area contributed by atoms with Crippen molar-refractivity contribution in [1.82, 2.24) is 0 Å². The Morgan fingerprint density at radius 3 is 2.24 bits per heavy atom. The summed E-state index contributed by atoms with van der Waals surface area (Å²) in [4.78, 5) is 12.3. The van der Waals surface area contributed by atoms with E-state index in [1.165, 1.54) is 0 Å². The Morgan fingerprint density at radius 1 is 1.10 bits per heavy atom. The van der Waals surface area contributed by atoms with Gasteiger partial charge in [0.15, 0.2) is 0 Å². The molecule has 0 aliphatic rings. The molecule has 0 radical (unpaired) electrons. The van der Waals surface area contributed by atoms with Gasteiger partial charge in [0.1, 0.15) is 6.61 Å². The van der Waals surface area contributed by atoms with Gasteiger partial charge in [-0.25, -0.2) is 0 Å². The minimum Gasteiger partial charge on any atom is -0.460 e. The van der Waals surface area contributed by atoms with Crippen LogP contribution in [0, 0.1) is 0 Å². The number of anilines is 1. The molecule has 0 aromatic heterocycles. The Hall–Kier alpha value is -1.81. The highest BCUT2D eigenvalue weighted by atomic mass is 79.9. The number of nitrogens with two attached hydrogens (primary N) is 1. The fourth-order valence-electron chi connectivity index (χ4n) is 1.93. The summed E-state index contributed by atoms with van der Waals surface area (Å²) in [7, 11) is 0. The molecule has 0 heterocycles. The van der Waals surface area contributed by atoms with Crippen LogP contribution in [-0.2, 0) is 21.6 Å². The molecule has 0 atom stereocenters. The van der Waals surface area contributed by atoms with Crippen molar-refractivity contribution in [3.05, 3.63) is 64.1 Å². The molecule has 0 aliphatic carbocycles. The molecule has 21 heavy (non-hydrogen) atoms. The SMILES string of the molecule is CC(C)(C(=O)OCc1ccc(Br)cc1)c1ccc(N)cc1. The number of benzene rings is 2. The van der Waals surface area contributed by atoms with Gasteiger partial charge < -0.3 is 10.5 Å². The molecule has 110 valence electrons. The Bertz CT molecular complexity index is 618. The van der Waals surface area contributed by atoms with Gasteiger partial charge >= 0.3 is 5.97 Å². The highest BCUT2D eigenvalue weighted by Crippen LogP contribution is 2.26. The van der Waals surface area contributed by atoms with Gasteiger partial charge in [-0.1, -0.05) is 40.2 Å². The molecule has 4 heteroatoms. The van der Waals surface area contributed by atoms with Crippen LogP contribution in [0.4, 0.5) is 5.69 Å². The lowest BCUT2D eigenvalue weighted by atomic mass is 9.85. The van der Waals surface area contributed by atoms with E-state index in [0.717, 1.165) is 15.6 Å².